The fourth-order valence-electron chi connectivity index (χ4n) is 7.13. The summed E-state index contributed by atoms with van der Waals surface area (Å²) in [4.78, 5) is 27.7. The molecule has 1 amide bonds. The zero-order valence-electron chi connectivity index (χ0n) is 27.6. The fourth-order valence-corrected chi connectivity index (χ4v) is 7.13. The molecule has 3 saturated heterocycles. The van der Waals surface area contributed by atoms with Crippen LogP contribution in [0, 0.1) is 0 Å². The van der Waals surface area contributed by atoms with E-state index >= 15 is 0 Å². The summed E-state index contributed by atoms with van der Waals surface area (Å²) in [6.07, 6.45) is 0.222. The standard InChI is InChI=1S/C40H42N2O7/c1-27(44)31-9-6-12-34(24-31)41-38(45)32-10-5-11-33(23-32)39-48-35(25-42-19-17-40(18-20-42)46-21-22-47-40)36(29-7-3-2-4-8-29)37(49-39)30-15-13-28(26-43)14-16-30/h2-16,23-24,35-37,39,43H,17-22,25-26H2,1H3,(H,41,45). The van der Waals surface area contributed by atoms with Crippen molar-refractivity contribution in [2.75, 3.05) is 38.2 Å². The Kier molecular flexibility index (Phi) is 10.00. The Bertz CT molecular complexity index is 1750. The Balaban J connectivity index is 1.19. The van der Waals surface area contributed by atoms with Crippen LogP contribution in [0.1, 0.15) is 81.0 Å². The molecular weight excluding hydrogens is 620 g/mol. The third-order valence-corrected chi connectivity index (χ3v) is 9.79. The van der Waals surface area contributed by atoms with E-state index in [4.69, 9.17) is 18.9 Å². The van der Waals surface area contributed by atoms with Gasteiger partial charge >= 0.3 is 0 Å². The van der Waals surface area contributed by atoms with E-state index in [0.717, 1.165) is 48.2 Å². The summed E-state index contributed by atoms with van der Waals surface area (Å²) < 4.78 is 25.8. The van der Waals surface area contributed by atoms with E-state index in [0.29, 0.717) is 36.6 Å². The lowest BCUT2D eigenvalue weighted by molar-refractivity contribution is -0.265. The zero-order chi connectivity index (χ0) is 33.8. The van der Waals surface area contributed by atoms with E-state index in [1.165, 1.54) is 6.92 Å². The lowest BCUT2D eigenvalue weighted by Crippen LogP contribution is -2.50. The summed E-state index contributed by atoms with van der Waals surface area (Å²) in [6.45, 7) is 5.05. The highest BCUT2D eigenvalue weighted by Gasteiger charge is 2.45. The lowest BCUT2D eigenvalue weighted by atomic mass is 9.82. The summed E-state index contributed by atoms with van der Waals surface area (Å²) in [5.41, 5.74) is 5.16. The molecule has 4 unspecified atom stereocenters. The minimum Gasteiger partial charge on any atom is -0.392 e. The molecule has 0 aromatic heterocycles. The lowest BCUT2D eigenvalue weighted by Gasteiger charge is -2.46. The molecule has 4 atom stereocenters. The summed E-state index contributed by atoms with van der Waals surface area (Å²) in [5.74, 6) is -0.975. The molecule has 3 aliphatic heterocycles. The molecule has 0 bridgehead atoms. The number of carbonyl (C=O) groups is 2. The number of hydrogen-bond acceptors (Lipinski definition) is 8. The van der Waals surface area contributed by atoms with Gasteiger partial charge in [-0.2, -0.15) is 0 Å². The quantitative estimate of drug-likeness (QED) is 0.198. The number of aliphatic hydroxyl groups is 1. The number of carbonyl (C=O) groups excluding carboxylic acids is 2. The highest BCUT2D eigenvalue weighted by molar-refractivity contribution is 6.05. The predicted molar refractivity (Wildman–Crippen MR) is 184 cm³/mol. The van der Waals surface area contributed by atoms with Gasteiger partial charge in [0, 0.05) is 60.8 Å². The van der Waals surface area contributed by atoms with Gasteiger partial charge in [0.1, 0.15) is 0 Å². The molecule has 4 aromatic carbocycles. The van der Waals surface area contributed by atoms with Crippen LogP contribution in [0.25, 0.3) is 0 Å². The van der Waals surface area contributed by atoms with Gasteiger partial charge < -0.3 is 34.3 Å². The Morgan fingerprint density at radius 2 is 1.49 bits per heavy atom. The van der Waals surface area contributed by atoms with Crippen molar-refractivity contribution in [2.45, 2.75) is 56.6 Å². The van der Waals surface area contributed by atoms with Crippen LogP contribution in [0.2, 0.25) is 0 Å². The average Bonchev–Trinajstić information content (AvgIpc) is 3.60. The first-order chi connectivity index (χ1) is 23.9. The normalized spacial score (nSPS) is 23.7. The number of aliphatic hydroxyl groups excluding tert-OH is 1. The number of hydrogen-bond donors (Lipinski definition) is 2. The van der Waals surface area contributed by atoms with Crippen LogP contribution < -0.4 is 5.32 Å². The van der Waals surface area contributed by atoms with Crippen molar-refractivity contribution < 1.29 is 33.6 Å². The zero-order valence-corrected chi connectivity index (χ0v) is 27.6. The van der Waals surface area contributed by atoms with Crippen molar-refractivity contribution in [3.8, 4) is 0 Å². The van der Waals surface area contributed by atoms with Gasteiger partial charge in [0.05, 0.1) is 32.0 Å². The number of anilines is 1. The molecule has 0 radical (unpaired) electrons. The second kappa shape index (κ2) is 14.7. The van der Waals surface area contributed by atoms with Gasteiger partial charge in [-0.15, -0.1) is 0 Å². The maximum atomic E-state index is 13.4. The SMILES string of the molecule is CC(=O)c1cccc(NC(=O)c2cccc(C3OC(CN4CCC5(CC4)OCCO5)C(c4ccccc4)C(c4ccc(CO)cc4)O3)c2)c1. The van der Waals surface area contributed by atoms with Gasteiger partial charge in [-0.25, -0.2) is 0 Å². The molecule has 3 heterocycles. The monoisotopic (exact) mass is 662 g/mol. The number of rotatable bonds is 9. The highest BCUT2D eigenvalue weighted by Crippen LogP contribution is 2.47. The molecule has 254 valence electrons. The van der Waals surface area contributed by atoms with E-state index in [-0.39, 0.29) is 36.4 Å². The Hall–Kier alpha value is -4.22. The molecule has 0 saturated carbocycles. The van der Waals surface area contributed by atoms with Gasteiger partial charge in [0.2, 0.25) is 0 Å². The van der Waals surface area contributed by atoms with Gasteiger partial charge in [-0.05, 0) is 47.9 Å². The topological polar surface area (TPSA) is 107 Å². The van der Waals surface area contributed by atoms with Crippen molar-refractivity contribution >= 4 is 17.4 Å². The van der Waals surface area contributed by atoms with E-state index in [9.17, 15) is 14.7 Å². The third-order valence-electron chi connectivity index (χ3n) is 9.79. The maximum absolute atomic E-state index is 13.4. The Morgan fingerprint density at radius 1 is 0.796 bits per heavy atom. The van der Waals surface area contributed by atoms with Crippen molar-refractivity contribution in [2.24, 2.45) is 0 Å². The minimum absolute atomic E-state index is 0.0416. The Labute approximate surface area is 286 Å². The highest BCUT2D eigenvalue weighted by atomic mass is 16.7. The molecular formula is C40H42N2O7. The summed E-state index contributed by atoms with van der Waals surface area (Å²) in [5, 5.41) is 12.7. The van der Waals surface area contributed by atoms with Gasteiger partial charge in [-0.3, -0.25) is 9.59 Å². The van der Waals surface area contributed by atoms with E-state index in [1.54, 1.807) is 36.4 Å². The average molecular weight is 663 g/mol. The molecule has 49 heavy (non-hydrogen) atoms. The van der Waals surface area contributed by atoms with Gasteiger partial charge in [0.15, 0.2) is 17.9 Å². The van der Waals surface area contributed by atoms with Crippen LogP contribution in [0.3, 0.4) is 0 Å². The van der Waals surface area contributed by atoms with Gasteiger partial charge in [0.25, 0.3) is 5.91 Å². The van der Waals surface area contributed by atoms with Crippen molar-refractivity contribution in [1.29, 1.82) is 0 Å². The number of Topliss-reactive ketones (excluding diaryl/α,β-unsaturated/α-hetero) is 1. The number of ketones is 1. The van der Waals surface area contributed by atoms with Crippen LogP contribution >= 0.6 is 0 Å². The molecule has 9 nitrogen and oxygen atoms in total. The first-order valence-corrected chi connectivity index (χ1v) is 17.0. The molecule has 2 N–H and O–H groups in total. The Morgan fingerprint density at radius 3 is 2.20 bits per heavy atom. The molecule has 9 heteroatoms. The molecule has 7 rings (SSSR count). The number of benzene rings is 4. The number of nitrogens with zero attached hydrogens (tertiary/aromatic N) is 1. The number of likely N-dealkylation sites (tertiary alicyclic amines) is 1. The van der Waals surface area contributed by atoms with Crippen LogP contribution in [-0.4, -0.2) is 66.4 Å². The van der Waals surface area contributed by atoms with Gasteiger partial charge in [-0.1, -0.05) is 78.9 Å². The second-order valence-electron chi connectivity index (χ2n) is 13.0. The van der Waals surface area contributed by atoms with Crippen molar-refractivity contribution in [3.63, 3.8) is 0 Å². The minimum atomic E-state index is -0.751. The molecule has 3 fully saturated rings. The molecule has 0 aliphatic carbocycles. The first-order valence-electron chi connectivity index (χ1n) is 17.0. The van der Waals surface area contributed by atoms with Crippen LogP contribution in [0.5, 0.6) is 0 Å². The van der Waals surface area contributed by atoms with E-state index in [2.05, 4.69) is 22.3 Å². The summed E-state index contributed by atoms with van der Waals surface area (Å²) >= 11 is 0. The van der Waals surface area contributed by atoms with E-state index in [1.807, 2.05) is 54.6 Å². The first kappa shape index (κ1) is 33.3. The largest absolute Gasteiger partial charge is 0.392 e. The van der Waals surface area contributed by atoms with Crippen LogP contribution in [-0.2, 0) is 25.6 Å². The van der Waals surface area contributed by atoms with Crippen molar-refractivity contribution in [3.05, 3.63) is 137 Å². The molecule has 3 aliphatic rings. The van der Waals surface area contributed by atoms with Crippen molar-refractivity contribution in [1.82, 2.24) is 4.90 Å². The molecule has 1 spiro atoms. The number of amides is 1. The third kappa shape index (κ3) is 7.52. The fraction of sp³-hybridized carbons (Fsp3) is 0.350. The summed E-state index contributed by atoms with van der Waals surface area (Å²) in [6, 6.07) is 32.4. The van der Waals surface area contributed by atoms with Crippen LogP contribution in [0.4, 0.5) is 5.69 Å². The maximum Gasteiger partial charge on any atom is 0.255 e. The predicted octanol–water partition coefficient (Wildman–Crippen LogP) is 6.41. The summed E-state index contributed by atoms with van der Waals surface area (Å²) in [7, 11) is 0. The molecule has 4 aromatic rings. The van der Waals surface area contributed by atoms with E-state index < -0.39 is 12.1 Å². The second-order valence-corrected chi connectivity index (χ2v) is 13.0. The van der Waals surface area contributed by atoms with Crippen LogP contribution in [0.15, 0.2) is 103 Å². The number of ether oxygens (including phenoxy) is 4. The smallest absolute Gasteiger partial charge is 0.255 e. The number of nitrogens with one attached hydrogen (secondary N) is 1. The number of piperidine rings is 1.